The average Bonchev–Trinajstić information content (AvgIpc) is 2.39. The molecule has 1 aliphatic heterocycles. The van der Waals surface area contributed by atoms with Crippen LogP contribution >= 0.6 is 0 Å². The lowest BCUT2D eigenvalue weighted by atomic mass is 10.1. The Bertz CT molecular complexity index is 199. The smallest absolute Gasteiger partial charge is 0.184 e. The lowest BCUT2D eigenvalue weighted by molar-refractivity contribution is -0.143. The molecule has 0 radical (unpaired) electrons. The maximum Gasteiger partial charge on any atom is 0.184 e. The van der Waals surface area contributed by atoms with Crippen LogP contribution in [0.1, 0.15) is 0 Å². The molecule has 0 aromatic rings. The highest BCUT2D eigenvalue weighted by Crippen LogP contribution is 2.21. The summed E-state index contributed by atoms with van der Waals surface area (Å²) in [7, 11) is 0. The van der Waals surface area contributed by atoms with Crippen LogP contribution in [-0.2, 0) is 9.47 Å². The third kappa shape index (κ3) is 2.18. The van der Waals surface area contributed by atoms with Crippen molar-refractivity contribution in [1.29, 1.82) is 0 Å². The van der Waals surface area contributed by atoms with Crippen molar-refractivity contribution in [1.82, 2.24) is 0 Å². The number of hydrogen-bond donors (Lipinski definition) is 3. The van der Waals surface area contributed by atoms with Gasteiger partial charge in [0.2, 0.25) is 0 Å². The predicted octanol–water partition coefficient (Wildman–Crippen LogP) is -1.92. The average molecular weight is 188 g/mol. The maximum absolute atomic E-state index is 9.41. The molecule has 1 heterocycles. The molecule has 4 atom stereocenters. The molecule has 3 N–H and O–H groups in total. The number of ether oxygens (including phenoxy) is 2. The molecule has 1 unspecified atom stereocenters. The van der Waals surface area contributed by atoms with Gasteiger partial charge in [0.1, 0.15) is 24.9 Å². The lowest BCUT2D eigenvalue weighted by Gasteiger charge is -2.15. The fourth-order valence-electron chi connectivity index (χ4n) is 1.19. The Kier molecular flexibility index (Phi) is 3.66. The highest BCUT2D eigenvalue weighted by Gasteiger charge is 2.43. The Hall–Kier alpha value is -0.640. The molecule has 1 rings (SSSR count). The highest BCUT2D eigenvalue weighted by atomic mass is 16.7. The Morgan fingerprint density at radius 1 is 1.46 bits per heavy atom. The van der Waals surface area contributed by atoms with Crippen LogP contribution in [0, 0.1) is 12.3 Å². The first kappa shape index (κ1) is 10.4. The molecule has 13 heavy (non-hydrogen) atoms. The molecule has 1 saturated heterocycles. The monoisotopic (exact) mass is 188 g/mol. The van der Waals surface area contributed by atoms with Crippen LogP contribution in [0.25, 0.3) is 0 Å². The van der Waals surface area contributed by atoms with Crippen molar-refractivity contribution in [3.05, 3.63) is 0 Å². The summed E-state index contributed by atoms with van der Waals surface area (Å²) in [5.74, 6) is 2.21. The Morgan fingerprint density at radius 2 is 2.15 bits per heavy atom. The van der Waals surface area contributed by atoms with Crippen molar-refractivity contribution >= 4 is 0 Å². The topological polar surface area (TPSA) is 79.2 Å². The number of aliphatic hydroxyl groups is 3. The zero-order valence-corrected chi connectivity index (χ0v) is 6.96. The molecule has 0 bridgehead atoms. The summed E-state index contributed by atoms with van der Waals surface area (Å²) >= 11 is 0. The van der Waals surface area contributed by atoms with E-state index < -0.39 is 24.6 Å². The second-order valence-corrected chi connectivity index (χ2v) is 2.72. The van der Waals surface area contributed by atoms with Crippen LogP contribution < -0.4 is 0 Å². The summed E-state index contributed by atoms with van der Waals surface area (Å²) in [6.07, 6.45) is 0.964. The summed E-state index contributed by atoms with van der Waals surface area (Å²) in [5, 5.41) is 27.3. The van der Waals surface area contributed by atoms with Gasteiger partial charge in [-0.05, 0) is 0 Å². The van der Waals surface area contributed by atoms with Gasteiger partial charge in [0.25, 0.3) is 0 Å². The second kappa shape index (κ2) is 4.56. The van der Waals surface area contributed by atoms with Crippen LogP contribution in [-0.4, -0.2) is 53.1 Å². The highest BCUT2D eigenvalue weighted by molar-refractivity contribution is 4.90. The van der Waals surface area contributed by atoms with E-state index in [-0.39, 0.29) is 13.2 Å². The minimum absolute atomic E-state index is 0.0136. The molecule has 0 saturated carbocycles. The van der Waals surface area contributed by atoms with E-state index in [4.69, 9.17) is 21.0 Å². The van der Waals surface area contributed by atoms with Crippen molar-refractivity contribution in [2.75, 3.05) is 13.2 Å². The lowest BCUT2D eigenvalue weighted by Crippen LogP contribution is -2.36. The van der Waals surface area contributed by atoms with Gasteiger partial charge >= 0.3 is 0 Å². The van der Waals surface area contributed by atoms with Crippen molar-refractivity contribution in [2.45, 2.75) is 24.6 Å². The fourth-order valence-corrected chi connectivity index (χ4v) is 1.19. The zero-order valence-electron chi connectivity index (χ0n) is 6.96. The van der Waals surface area contributed by atoms with E-state index in [0.29, 0.717) is 0 Å². The number of aliphatic hydroxyl groups excluding tert-OH is 3. The normalized spacial score (nSPS) is 38.9. The molecule has 0 amide bonds. The van der Waals surface area contributed by atoms with E-state index >= 15 is 0 Å². The van der Waals surface area contributed by atoms with E-state index in [1.54, 1.807) is 0 Å². The van der Waals surface area contributed by atoms with Gasteiger partial charge in [-0.3, -0.25) is 0 Å². The molecule has 0 spiro atoms. The van der Waals surface area contributed by atoms with Gasteiger partial charge in [-0.2, -0.15) is 0 Å². The van der Waals surface area contributed by atoms with Crippen LogP contribution in [0.3, 0.4) is 0 Å². The van der Waals surface area contributed by atoms with Gasteiger partial charge in [-0.15, -0.1) is 6.42 Å². The van der Waals surface area contributed by atoms with Crippen LogP contribution in [0.15, 0.2) is 0 Å². The first-order chi connectivity index (χ1) is 6.20. The van der Waals surface area contributed by atoms with E-state index in [1.807, 2.05) is 0 Å². The Balaban J connectivity index is 2.49. The fraction of sp³-hybridized carbons (Fsp3) is 0.750. The third-order valence-electron chi connectivity index (χ3n) is 1.85. The van der Waals surface area contributed by atoms with E-state index in [1.165, 1.54) is 0 Å². The second-order valence-electron chi connectivity index (χ2n) is 2.72. The zero-order chi connectivity index (χ0) is 9.84. The molecular formula is C8H12O5. The van der Waals surface area contributed by atoms with Gasteiger partial charge in [0.15, 0.2) is 6.29 Å². The van der Waals surface area contributed by atoms with Crippen LogP contribution in [0.5, 0.6) is 0 Å². The molecule has 0 aliphatic carbocycles. The van der Waals surface area contributed by atoms with E-state index in [0.717, 1.165) is 0 Å². The molecular weight excluding hydrogens is 176 g/mol. The molecule has 1 aliphatic rings. The summed E-state index contributed by atoms with van der Waals surface area (Å²) in [6, 6.07) is 0. The van der Waals surface area contributed by atoms with Crippen molar-refractivity contribution in [2.24, 2.45) is 0 Å². The predicted molar refractivity (Wildman–Crippen MR) is 42.5 cm³/mol. The van der Waals surface area contributed by atoms with Crippen molar-refractivity contribution in [3.8, 4) is 12.3 Å². The maximum atomic E-state index is 9.41. The largest absolute Gasteiger partial charge is 0.394 e. The quantitative estimate of drug-likeness (QED) is 0.450. The minimum atomic E-state index is -1.24. The third-order valence-corrected chi connectivity index (χ3v) is 1.85. The Labute approximate surface area is 75.9 Å². The van der Waals surface area contributed by atoms with Gasteiger partial charge in [0, 0.05) is 0 Å². The summed E-state index contributed by atoms with van der Waals surface area (Å²) in [6.45, 7) is -0.381. The van der Waals surface area contributed by atoms with E-state index in [2.05, 4.69) is 5.92 Å². The van der Waals surface area contributed by atoms with Crippen LogP contribution in [0.4, 0.5) is 0 Å². The van der Waals surface area contributed by atoms with Gasteiger partial charge in [-0.1, -0.05) is 5.92 Å². The van der Waals surface area contributed by atoms with Crippen molar-refractivity contribution < 1.29 is 24.8 Å². The molecule has 5 nitrogen and oxygen atoms in total. The summed E-state index contributed by atoms with van der Waals surface area (Å²) in [5.41, 5.74) is 0. The van der Waals surface area contributed by atoms with Crippen molar-refractivity contribution in [3.63, 3.8) is 0 Å². The van der Waals surface area contributed by atoms with Crippen LogP contribution in [0.2, 0.25) is 0 Å². The van der Waals surface area contributed by atoms with Gasteiger partial charge in [0.05, 0.1) is 6.61 Å². The van der Waals surface area contributed by atoms with Gasteiger partial charge < -0.3 is 24.8 Å². The summed E-state index contributed by atoms with van der Waals surface area (Å²) < 4.78 is 9.73. The molecule has 74 valence electrons. The first-order valence-electron chi connectivity index (χ1n) is 3.88. The first-order valence-corrected chi connectivity index (χ1v) is 3.88. The number of rotatable bonds is 3. The van der Waals surface area contributed by atoms with E-state index in [9.17, 15) is 10.2 Å². The number of terminal acetylenes is 1. The van der Waals surface area contributed by atoms with Gasteiger partial charge in [-0.25, -0.2) is 0 Å². The molecule has 0 aromatic carbocycles. The summed E-state index contributed by atoms with van der Waals surface area (Å²) in [4.78, 5) is 0. The standard InChI is InChI=1S/C8H12O5/c1-2-3-12-7-6(10)5(4-9)13-8(7)11/h1,5-11H,3-4H2/t5-,6-,7+,8?/m1/s1. The molecule has 5 heteroatoms. The Morgan fingerprint density at radius 3 is 2.62 bits per heavy atom. The molecule has 1 fully saturated rings. The SMILES string of the molecule is C#CCO[C@@H]1C(O)O[C@H](CO)[C@H]1O. The molecule has 0 aromatic heterocycles. The minimum Gasteiger partial charge on any atom is -0.394 e. The number of hydrogen-bond acceptors (Lipinski definition) is 5.